The van der Waals surface area contributed by atoms with Gasteiger partial charge in [-0.1, -0.05) is 6.07 Å². The Balaban J connectivity index is 1.99. The van der Waals surface area contributed by atoms with Crippen LogP contribution in [0, 0.1) is 4.77 Å². The smallest absolute Gasteiger partial charge is 0.338 e. The van der Waals surface area contributed by atoms with Gasteiger partial charge in [-0.05, 0) is 65.4 Å². The van der Waals surface area contributed by atoms with Crippen LogP contribution in [0.1, 0.15) is 17.3 Å². The number of benzene rings is 1. The summed E-state index contributed by atoms with van der Waals surface area (Å²) < 4.78 is 13.5. The molecular weight excluding hydrogens is 380 g/mol. The summed E-state index contributed by atoms with van der Waals surface area (Å²) >= 11 is 8.63. The van der Waals surface area contributed by atoms with Crippen molar-refractivity contribution in [1.29, 1.82) is 0 Å². The highest BCUT2D eigenvalue weighted by Crippen LogP contribution is 2.25. The van der Waals surface area contributed by atoms with E-state index >= 15 is 0 Å². The summed E-state index contributed by atoms with van der Waals surface area (Å²) in [5.74, 6) is 0.315. The minimum atomic E-state index is -0.355. The number of hydrogen-bond acceptors (Lipinski definition) is 4. The van der Waals surface area contributed by atoms with Crippen molar-refractivity contribution in [3.05, 3.63) is 57.6 Å². The molecule has 23 heavy (non-hydrogen) atoms. The molecule has 0 aliphatic rings. The molecule has 0 unspecified atom stereocenters. The van der Waals surface area contributed by atoms with Crippen LogP contribution >= 0.6 is 28.1 Å². The minimum Gasteiger partial charge on any atom is -0.462 e. The van der Waals surface area contributed by atoms with Gasteiger partial charge in [0.2, 0.25) is 0 Å². The third-order valence-electron chi connectivity index (χ3n) is 3.19. The number of aromatic amines is 1. The number of carbonyl (C=O) groups is 1. The van der Waals surface area contributed by atoms with Crippen LogP contribution in [-0.4, -0.2) is 22.1 Å². The number of rotatable bonds is 4. The van der Waals surface area contributed by atoms with E-state index in [-0.39, 0.29) is 5.97 Å². The first-order valence-corrected chi connectivity index (χ1v) is 8.13. The maximum atomic E-state index is 11.9. The average Bonchev–Trinajstić information content (AvgIpc) is 3.13. The molecule has 0 aliphatic heterocycles. The fraction of sp³-hybridized carbons (Fsp3) is 0.125. The van der Waals surface area contributed by atoms with Crippen LogP contribution in [0.15, 0.2) is 51.7 Å². The van der Waals surface area contributed by atoms with Gasteiger partial charge in [0.25, 0.3) is 0 Å². The van der Waals surface area contributed by atoms with Crippen molar-refractivity contribution in [1.82, 2.24) is 9.55 Å². The predicted molar refractivity (Wildman–Crippen MR) is 92.3 cm³/mol. The second-order valence-corrected chi connectivity index (χ2v) is 5.89. The van der Waals surface area contributed by atoms with Crippen LogP contribution in [0.3, 0.4) is 0 Å². The van der Waals surface area contributed by atoms with Crippen LogP contribution in [0.25, 0.3) is 17.1 Å². The zero-order valence-corrected chi connectivity index (χ0v) is 14.6. The van der Waals surface area contributed by atoms with Crippen LogP contribution in [0.5, 0.6) is 0 Å². The number of esters is 1. The zero-order chi connectivity index (χ0) is 16.4. The molecule has 3 aromatic rings. The third-order valence-corrected chi connectivity index (χ3v) is 3.92. The van der Waals surface area contributed by atoms with Gasteiger partial charge in [-0.2, -0.15) is 0 Å². The van der Waals surface area contributed by atoms with Gasteiger partial charge in [0, 0.05) is 11.9 Å². The number of carbonyl (C=O) groups excluding carboxylic acids is 1. The van der Waals surface area contributed by atoms with E-state index in [1.165, 1.54) is 0 Å². The van der Waals surface area contributed by atoms with E-state index in [0.717, 1.165) is 11.4 Å². The summed E-state index contributed by atoms with van der Waals surface area (Å²) in [6.07, 6.45) is 1.83. The van der Waals surface area contributed by atoms with Crippen molar-refractivity contribution >= 4 is 34.1 Å². The number of nitrogens with zero attached hydrogens (tertiary/aromatic N) is 1. The summed E-state index contributed by atoms with van der Waals surface area (Å²) in [6.45, 7) is 2.11. The van der Waals surface area contributed by atoms with Crippen molar-refractivity contribution in [2.24, 2.45) is 0 Å². The Morgan fingerprint density at radius 1 is 1.39 bits per heavy atom. The SMILES string of the molecule is CCOC(=O)c1cccc(-n2cc(-c3ccc(Br)o3)[nH]c2=S)c1. The predicted octanol–water partition coefficient (Wildman–Crippen LogP) is 4.73. The molecule has 1 N–H and O–H groups in total. The normalized spacial score (nSPS) is 10.7. The molecule has 0 bridgehead atoms. The highest BCUT2D eigenvalue weighted by molar-refractivity contribution is 9.10. The lowest BCUT2D eigenvalue weighted by molar-refractivity contribution is 0.0526. The molecule has 7 heteroatoms. The second-order valence-electron chi connectivity index (χ2n) is 4.72. The van der Waals surface area contributed by atoms with Crippen LogP contribution in [0.4, 0.5) is 0 Å². The van der Waals surface area contributed by atoms with E-state index in [4.69, 9.17) is 21.4 Å². The molecule has 2 heterocycles. The zero-order valence-electron chi connectivity index (χ0n) is 12.2. The van der Waals surface area contributed by atoms with Gasteiger partial charge in [0.05, 0.1) is 12.2 Å². The van der Waals surface area contributed by atoms with Crippen molar-refractivity contribution in [2.75, 3.05) is 6.61 Å². The standard InChI is InChI=1S/C16H13BrN2O3S/c1-2-21-15(20)10-4-3-5-11(8-10)19-9-12(18-16(19)23)13-6-7-14(17)22-13/h3-9H,2H2,1H3,(H,18,23). The first-order valence-electron chi connectivity index (χ1n) is 6.93. The highest BCUT2D eigenvalue weighted by Gasteiger charge is 2.11. The molecule has 3 rings (SSSR count). The Hall–Kier alpha value is -2.12. The van der Waals surface area contributed by atoms with E-state index in [1.54, 1.807) is 29.7 Å². The van der Waals surface area contributed by atoms with E-state index in [9.17, 15) is 4.79 Å². The van der Waals surface area contributed by atoms with Gasteiger partial charge in [-0.25, -0.2) is 4.79 Å². The van der Waals surface area contributed by atoms with Crippen LogP contribution < -0.4 is 0 Å². The van der Waals surface area contributed by atoms with Crippen molar-refractivity contribution in [3.8, 4) is 17.1 Å². The third kappa shape index (κ3) is 3.30. The molecule has 1 aromatic carbocycles. The van der Waals surface area contributed by atoms with E-state index in [2.05, 4.69) is 20.9 Å². The number of halogens is 1. The Kier molecular flexibility index (Phi) is 4.49. The Bertz CT molecular complexity index is 910. The molecule has 0 radical (unpaired) electrons. The fourth-order valence-corrected chi connectivity index (χ4v) is 2.74. The maximum absolute atomic E-state index is 11.9. The lowest BCUT2D eigenvalue weighted by atomic mass is 10.2. The Labute approximate surface area is 146 Å². The van der Waals surface area contributed by atoms with Crippen molar-refractivity contribution in [2.45, 2.75) is 6.92 Å². The quantitative estimate of drug-likeness (QED) is 0.514. The molecule has 0 fully saturated rings. The number of hydrogen-bond donors (Lipinski definition) is 1. The van der Waals surface area contributed by atoms with Gasteiger partial charge in [-0.15, -0.1) is 0 Å². The number of H-pyrrole nitrogens is 1. The van der Waals surface area contributed by atoms with Gasteiger partial charge in [0.15, 0.2) is 15.2 Å². The van der Waals surface area contributed by atoms with Gasteiger partial charge in [0.1, 0.15) is 5.69 Å². The molecule has 118 valence electrons. The largest absolute Gasteiger partial charge is 0.462 e. The molecule has 0 saturated heterocycles. The first-order chi connectivity index (χ1) is 11.1. The topological polar surface area (TPSA) is 60.2 Å². The van der Waals surface area contributed by atoms with Crippen molar-refractivity contribution < 1.29 is 13.9 Å². The van der Waals surface area contributed by atoms with Gasteiger partial charge < -0.3 is 14.1 Å². The first kappa shape index (κ1) is 15.8. The van der Waals surface area contributed by atoms with E-state index < -0.39 is 0 Å². The minimum absolute atomic E-state index is 0.337. The Morgan fingerprint density at radius 3 is 2.91 bits per heavy atom. The molecule has 0 amide bonds. The number of furan rings is 1. The van der Waals surface area contributed by atoms with Crippen LogP contribution in [0.2, 0.25) is 0 Å². The summed E-state index contributed by atoms with van der Waals surface area (Å²) in [5, 5.41) is 0. The van der Waals surface area contributed by atoms with Gasteiger partial charge in [-0.3, -0.25) is 4.57 Å². The maximum Gasteiger partial charge on any atom is 0.338 e. The number of nitrogens with one attached hydrogen (secondary N) is 1. The van der Waals surface area contributed by atoms with Crippen molar-refractivity contribution in [3.63, 3.8) is 0 Å². The number of aromatic nitrogens is 2. The molecule has 2 aromatic heterocycles. The molecular formula is C16H13BrN2O3S. The average molecular weight is 393 g/mol. The molecule has 0 saturated carbocycles. The summed E-state index contributed by atoms with van der Waals surface area (Å²) in [7, 11) is 0. The number of ether oxygens (including phenoxy) is 1. The number of imidazole rings is 1. The summed E-state index contributed by atoms with van der Waals surface area (Å²) in [5.41, 5.74) is 2.01. The monoisotopic (exact) mass is 392 g/mol. The summed E-state index contributed by atoms with van der Waals surface area (Å²) in [6, 6.07) is 10.8. The van der Waals surface area contributed by atoms with Gasteiger partial charge >= 0.3 is 5.97 Å². The lowest BCUT2D eigenvalue weighted by Gasteiger charge is -2.05. The lowest BCUT2D eigenvalue weighted by Crippen LogP contribution is -2.05. The Morgan fingerprint density at radius 2 is 2.22 bits per heavy atom. The summed E-state index contributed by atoms with van der Waals surface area (Å²) in [4.78, 5) is 15.0. The molecule has 0 spiro atoms. The van der Waals surface area contributed by atoms with E-state index in [0.29, 0.717) is 27.4 Å². The fourth-order valence-electron chi connectivity index (χ4n) is 2.17. The highest BCUT2D eigenvalue weighted by atomic mass is 79.9. The van der Waals surface area contributed by atoms with Crippen LogP contribution in [-0.2, 0) is 4.74 Å². The molecule has 5 nitrogen and oxygen atoms in total. The molecule has 0 atom stereocenters. The second kappa shape index (κ2) is 6.55. The molecule has 0 aliphatic carbocycles. The van der Waals surface area contributed by atoms with E-state index in [1.807, 2.05) is 24.4 Å².